The Balaban J connectivity index is 1.06. The minimum atomic E-state index is -3.65. The molecule has 1 heterocycles. The van der Waals surface area contributed by atoms with Gasteiger partial charge >= 0.3 is 0 Å². The lowest BCUT2D eigenvalue weighted by atomic mass is 10.0. The van der Waals surface area contributed by atoms with Crippen molar-refractivity contribution in [2.45, 2.75) is 109 Å². The van der Waals surface area contributed by atoms with Gasteiger partial charge in [0.25, 0.3) is 0 Å². The van der Waals surface area contributed by atoms with E-state index in [9.17, 15) is 8.42 Å². The summed E-state index contributed by atoms with van der Waals surface area (Å²) in [7, 11) is -0.430. The molecule has 0 amide bonds. The first-order valence-corrected chi connectivity index (χ1v) is 19.9. The zero-order valence-electron chi connectivity index (χ0n) is 29.8. The molecule has 0 spiro atoms. The van der Waals surface area contributed by atoms with E-state index in [0.717, 1.165) is 37.0 Å². The highest BCUT2D eigenvalue weighted by molar-refractivity contribution is 7.89. The molecule has 4 aromatic rings. The Morgan fingerprint density at radius 3 is 1.86 bits per heavy atom. The summed E-state index contributed by atoms with van der Waals surface area (Å²) in [5.41, 5.74) is 3.45. The van der Waals surface area contributed by atoms with Gasteiger partial charge in [-0.05, 0) is 54.7 Å². The zero-order chi connectivity index (χ0) is 34.6. The summed E-state index contributed by atoms with van der Waals surface area (Å²) < 4.78 is 45.1. The predicted octanol–water partition coefficient (Wildman–Crippen LogP) is 11.1. The molecule has 266 valence electrons. The third-order valence-corrected chi connectivity index (χ3v) is 10.7. The molecule has 0 radical (unpaired) electrons. The minimum absolute atomic E-state index is 0.103. The summed E-state index contributed by atoms with van der Waals surface area (Å²) in [4.78, 5) is 0. The third kappa shape index (κ3) is 13.0. The number of hydrogen-bond acceptors (Lipinski definition) is 5. The molecule has 0 aliphatic heterocycles. The van der Waals surface area contributed by atoms with Crippen LogP contribution in [0.4, 0.5) is 0 Å². The van der Waals surface area contributed by atoms with Gasteiger partial charge in [0, 0.05) is 18.4 Å². The summed E-state index contributed by atoms with van der Waals surface area (Å²) in [5.74, 6) is 1.27. The Morgan fingerprint density at radius 2 is 1.24 bits per heavy atom. The Kier molecular flexibility index (Phi) is 16.8. The Bertz CT molecular complexity index is 1630. The number of hydrogen-bond donors (Lipinski definition) is 0. The highest BCUT2D eigenvalue weighted by atomic mass is 32.2. The highest BCUT2D eigenvalue weighted by Crippen LogP contribution is 2.33. The van der Waals surface area contributed by atoms with Gasteiger partial charge in [0.05, 0.1) is 37.5 Å². The van der Waals surface area contributed by atoms with Crippen LogP contribution in [0.1, 0.15) is 113 Å². The maximum absolute atomic E-state index is 13.5. The second-order valence-corrected chi connectivity index (χ2v) is 14.9. The van der Waals surface area contributed by atoms with Crippen molar-refractivity contribution in [3.63, 3.8) is 0 Å². The van der Waals surface area contributed by atoms with E-state index in [1.54, 1.807) is 44.7 Å². The van der Waals surface area contributed by atoms with Gasteiger partial charge in [-0.25, -0.2) is 12.4 Å². The van der Waals surface area contributed by atoms with Gasteiger partial charge in [-0.2, -0.15) is 0 Å². The molecule has 3 aromatic carbocycles. The molecule has 1 aromatic heterocycles. The van der Waals surface area contributed by atoms with Crippen LogP contribution >= 0.6 is 0 Å². The number of fused-ring (bicyclic) bond motifs is 1. The van der Waals surface area contributed by atoms with E-state index in [-0.39, 0.29) is 5.75 Å². The standard InChI is InChI=1S/C42H57NO5S/c1-46-39-30-28-37(29-31-39)35-49(44,45)43-33-38(42-40(43)26-22-27-41(42)47-2)25-20-15-13-11-9-7-5-3-4-6-8-10-12-14-16-21-32-48-34-36-23-18-17-19-24-36/h17-20,22-31,33H,3-16,21,32,34-35H2,1-2H3. The maximum Gasteiger partial charge on any atom is 0.243 e. The number of nitrogens with zero attached hydrogens (tertiary/aromatic N) is 1. The predicted molar refractivity (Wildman–Crippen MR) is 204 cm³/mol. The van der Waals surface area contributed by atoms with E-state index in [1.807, 2.05) is 30.3 Å². The van der Waals surface area contributed by atoms with Crippen LogP contribution in [-0.2, 0) is 27.1 Å². The normalized spacial score (nSPS) is 11.9. The van der Waals surface area contributed by atoms with E-state index < -0.39 is 10.0 Å². The zero-order valence-corrected chi connectivity index (χ0v) is 30.6. The summed E-state index contributed by atoms with van der Waals surface area (Å²) in [6, 6.07) is 23.1. The van der Waals surface area contributed by atoms with Crippen molar-refractivity contribution in [1.29, 1.82) is 0 Å². The van der Waals surface area contributed by atoms with Crippen molar-refractivity contribution in [2.24, 2.45) is 0 Å². The topological polar surface area (TPSA) is 66.8 Å². The number of ether oxygens (including phenoxy) is 3. The van der Waals surface area contributed by atoms with Crippen LogP contribution in [0.25, 0.3) is 17.0 Å². The average molecular weight is 688 g/mol. The van der Waals surface area contributed by atoms with Gasteiger partial charge in [0.1, 0.15) is 11.5 Å². The number of allylic oxidation sites excluding steroid dienone is 1. The Morgan fingerprint density at radius 1 is 0.633 bits per heavy atom. The first-order valence-electron chi connectivity index (χ1n) is 18.3. The summed E-state index contributed by atoms with van der Waals surface area (Å²) >= 11 is 0. The van der Waals surface area contributed by atoms with Crippen molar-refractivity contribution in [3.05, 3.63) is 102 Å². The molecule has 4 rings (SSSR count). The molecule has 7 heteroatoms. The van der Waals surface area contributed by atoms with Crippen LogP contribution in [0, 0.1) is 0 Å². The van der Waals surface area contributed by atoms with Gasteiger partial charge in [-0.3, -0.25) is 0 Å². The monoisotopic (exact) mass is 687 g/mol. The molecule has 0 unspecified atom stereocenters. The molecule has 0 atom stereocenters. The van der Waals surface area contributed by atoms with Crippen LogP contribution in [0.15, 0.2) is 85.1 Å². The number of benzene rings is 3. The van der Waals surface area contributed by atoms with Crippen LogP contribution in [0.3, 0.4) is 0 Å². The van der Waals surface area contributed by atoms with Crippen LogP contribution in [-0.4, -0.2) is 33.2 Å². The van der Waals surface area contributed by atoms with E-state index in [0.29, 0.717) is 22.6 Å². The number of rotatable bonds is 25. The van der Waals surface area contributed by atoms with E-state index in [4.69, 9.17) is 14.2 Å². The lowest BCUT2D eigenvalue weighted by molar-refractivity contribution is 0.116. The van der Waals surface area contributed by atoms with Gasteiger partial charge < -0.3 is 14.2 Å². The van der Waals surface area contributed by atoms with Crippen molar-refractivity contribution < 1.29 is 22.6 Å². The van der Waals surface area contributed by atoms with Crippen LogP contribution < -0.4 is 9.47 Å². The molecule has 0 fully saturated rings. The number of aromatic nitrogens is 1. The van der Waals surface area contributed by atoms with Gasteiger partial charge in [0.15, 0.2) is 0 Å². The molecule has 0 aliphatic rings. The molecule has 0 bridgehead atoms. The fraction of sp³-hybridized carbons (Fsp3) is 0.476. The summed E-state index contributed by atoms with van der Waals surface area (Å²) in [5, 5.41) is 0.819. The first kappa shape index (κ1) is 38.3. The molecule has 0 saturated heterocycles. The smallest absolute Gasteiger partial charge is 0.243 e. The van der Waals surface area contributed by atoms with Crippen molar-refractivity contribution >= 4 is 27.0 Å². The van der Waals surface area contributed by atoms with E-state index in [2.05, 4.69) is 30.3 Å². The largest absolute Gasteiger partial charge is 0.497 e. The van der Waals surface area contributed by atoms with Crippen molar-refractivity contribution in [1.82, 2.24) is 3.97 Å². The molecule has 49 heavy (non-hydrogen) atoms. The van der Waals surface area contributed by atoms with Crippen LogP contribution in [0.5, 0.6) is 11.5 Å². The molecule has 6 nitrogen and oxygen atoms in total. The van der Waals surface area contributed by atoms with E-state index >= 15 is 0 Å². The number of unbranched alkanes of at least 4 members (excludes halogenated alkanes) is 14. The van der Waals surface area contributed by atoms with Crippen molar-refractivity contribution in [2.75, 3.05) is 20.8 Å². The fourth-order valence-electron chi connectivity index (χ4n) is 6.34. The molecule has 0 saturated carbocycles. The Labute approximate surface area is 295 Å². The second-order valence-electron chi connectivity index (χ2n) is 13.0. The lowest BCUT2D eigenvalue weighted by Crippen LogP contribution is -2.14. The third-order valence-electron chi connectivity index (χ3n) is 9.13. The first-order chi connectivity index (χ1) is 24.0. The fourth-order valence-corrected chi connectivity index (χ4v) is 7.82. The Hall–Kier alpha value is -3.55. The minimum Gasteiger partial charge on any atom is -0.497 e. The molecular weight excluding hydrogens is 631 g/mol. The quantitative estimate of drug-likeness (QED) is 0.0649. The second kappa shape index (κ2) is 21.5. The van der Waals surface area contributed by atoms with Crippen molar-refractivity contribution in [3.8, 4) is 11.5 Å². The van der Waals surface area contributed by atoms with Crippen LogP contribution in [0.2, 0.25) is 0 Å². The molecular formula is C42H57NO5S. The maximum atomic E-state index is 13.5. The van der Waals surface area contributed by atoms with Gasteiger partial charge in [0.2, 0.25) is 10.0 Å². The average Bonchev–Trinajstić information content (AvgIpc) is 3.51. The SMILES string of the molecule is COc1ccc(CS(=O)(=O)n2cc(C=CCCCCCCCCCCCCCCCCOCc3ccccc3)c3c(OC)cccc32)cc1. The number of methoxy groups -OCH3 is 2. The molecule has 0 aliphatic carbocycles. The summed E-state index contributed by atoms with van der Waals surface area (Å²) in [6.07, 6.45) is 25.2. The van der Waals surface area contributed by atoms with E-state index in [1.165, 1.54) is 93.0 Å². The molecule has 0 N–H and O–H groups in total. The summed E-state index contributed by atoms with van der Waals surface area (Å²) in [6.45, 7) is 1.60. The van der Waals surface area contributed by atoms with Gasteiger partial charge in [-0.1, -0.05) is 138 Å². The lowest BCUT2D eigenvalue weighted by Gasteiger charge is -2.09. The van der Waals surface area contributed by atoms with Gasteiger partial charge in [-0.15, -0.1) is 0 Å². The highest BCUT2D eigenvalue weighted by Gasteiger charge is 2.21.